The highest BCUT2D eigenvalue weighted by atomic mass is 16.5. The lowest BCUT2D eigenvalue weighted by atomic mass is 10.1. The van der Waals surface area contributed by atoms with Gasteiger partial charge in [-0.2, -0.15) is 0 Å². The van der Waals surface area contributed by atoms with E-state index in [9.17, 15) is 9.59 Å². The molecule has 6 heteroatoms. The van der Waals surface area contributed by atoms with E-state index < -0.39 is 11.8 Å². The molecule has 1 heterocycles. The van der Waals surface area contributed by atoms with E-state index >= 15 is 0 Å². The fourth-order valence-corrected chi connectivity index (χ4v) is 3.12. The second kappa shape index (κ2) is 11.5. The van der Waals surface area contributed by atoms with Gasteiger partial charge in [-0.15, -0.1) is 0 Å². The van der Waals surface area contributed by atoms with E-state index in [0.717, 1.165) is 25.9 Å². The van der Waals surface area contributed by atoms with Gasteiger partial charge in [0.2, 0.25) is 0 Å². The molecule has 0 bridgehead atoms. The highest BCUT2D eigenvalue weighted by Crippen LogP contribution is 2.20. The first kappa shape index (κ1) is 20.2. The maximum atomic E-state index is 11.6. The Balaban J connectivity index is 1.66. The Morgan fingerprint density at radius 3 is 2.19 bits per heavy atom. The Kier molecular flexibility index (Phi) is 8.96. The summed E-state index contributed by atoms with van der Waals surface area (Å²) in [5.74, 6) is -1.19. The zero-order chi connectivity index (χ0) is 18.6. The molecule has 0 saturated carbocycles. The number of carbonyl (C=O) groups is 2. The number of amides is 2. The number of nitrogens with one attached hydrogen (secondary N) is 2. The van der Waals surface area contributed by atoms with Crippen LogP contribution in [0.3, 0.4) is 0 Å². The van der Waals surface area contributed by atoms with Crippen LogP contribution < -0.4 is 15.5 Å². The van der Waals surface area contributed by atoms with Crippen LogP contribution in [-0.2, 0) is 20.7 Å². The molecule has 0 unspecified atom stereocenters. The van der Waals surface area contributed by atoms with Gasteiger partial charge in [0, 0.05) is 39.0 Å². The Morgan fingerprint density at radius 2 is 1.58 bits per heavy atom. The average Bonchev–Trinajstić information content (AvgIpc) is 2.95. The molecule has 6 nitrogen and oxygen atoms in total. The van der Waals surface area contributed by atoms with Crippen molar-refractivity contribution in [3.8, 4) is 0 Å². The summed E-state index contributed by atoms with van der Waals surface area (Å²) in [5.41, 5.74) is 2.55. The molecule has 2 rings (SSSR count). The van der Waals surface area contributed by atoms with Gasteiger partial charge < -0.3 is 20.3 Å². The number of nitrogens with zero attached hydrogens (tertiary/aromatic N) is 1. The summed E-state index contributed by atoms with van der Waals surface area (Å²) in [6.45, 7) is 3.53. The third-order valence-electron chi connectivity index (χ3n) is 4.63. The summed E-state index contributed by atoms with van der Waals surface area (Å²) in [6.07, 6.45) is 6.92. The van der Waals surface area contributed by atoms with Crippen LogP contribution in [-0.4, -0.2) is 51.7 Å². The van der Waals surface area contributed by atoms with Crippen molar-refractivity contribution in [2.24, 2.45) is 0 Å². The molecule has 1 saturated heterocycles. The quantitative estimate of drug-likeness (QED) is 0.548. The Morgan fingerprint density at radius 1 is 0.962 bits per heavy atom. The highest BCUT2D eigenvalue weighted by Gasteiger charge is 2.12. The SMILES string of the molecule is COCCNC(=O)C(=O)NCCCc1ccc(N2CCCCCC2)cc1. The van der Waals surface area contributed by atoms with E-state index in [-0.39, 0.29) is 0 Å². The first-order valence-electron chi connectivity index (χ1n) is 9.59. The number of anilines is 1. The molecule has 0 radical (unpaired) electrons. The second-order valence-corrected chi connectivity index (χ2v) is 6.68. The fourth-order valence-electron chi connectivity index (χ4n) is 3.12. The molecule has 2 N–H and O–H groups in total. The topological polar surface area (TPSA) is 70.7 Å². The highest BCUT2D eigenvalue weighted by molar-refractivity contribution is 6.35. The number of rotatable bonds is 8. The van der Waals surface area contributed by atoms with Gasteiger partial charge >= 0.3 is 11.8 Å². The van der Waals surface area contributed by atoms with E-state index in [4.69, 9.17) is 4.74 Å². The zero-order valence-corrected chi connectivity index (χ0v) is 15.8. The van der Waals surface area contributed by atoms with Crippen molar-refractivity contribution in [2.75, 3.05) is 44.8 Å². The van der Waals surface area contributed by atoms with E-state index in [1.807, 2.05) is 0 Å². The van der Waals surface area contributed by atoms with Crippen molar-refractivity contribution in [1.29, 1.82) is 0 Å². The van der Waals surface area contributed by atoms with Crippen LogP contribution in [0.1, 0.15) is 37.7 Å². The molecule has 1 aliphatic rings. The molecule has 2 amide bonds. The van der Waals surface area contributed by atoms with Crippen LogP contribution in [0.25, 0.3) is 0 Å². The summed E-state index contributed by atoms with van der Waals surface area (Å²) < 4.78 is 4.82. The molecule has 0 aliphatic carbocycles. The van der Waals surface area contributed by atoms with Crippen molar-refractivity contribution in [3.05, 3.63) is 29.8 Å². The van der Waals surface area contributed by atoms with E-state index in [1.54, 1.807) is 7.11 Å². The van der Waals surface area contributed by atoms with E-state index in [1.165, 1.54) is 36.9 Å². The number of methoxy groups -OCH3 is 1. The summed E-state index contributed by atoms with van der Waals surface area (Å²) in [4.78, 5) is 25.6. The molecule has 0 aromatic heterocycles. The number of carbonyl (C=O) groups excluding carboxylic acids is 2. The summed E-state index contributed by atoms with van der Waals surface area (Å²) in [5, 5.41) is 5.15. The lowest BCUT2D eigenvalue weighted by Crippen LogP contribution is -2.41. The number of hydrogen-bond acceptors (Lipinski definition) is 4. The van der Waals surface area contributed by atoms with Gasteiger partial charge in [-0.05, 0) is 43.4 Å². The van der Waals surface area contributed by atoms with Gasteiger partial charge in [0.05, 0.1) is 6.61 Å². The van der Waals surface area contributed by atoms with Crippen molar-refractivity contribution in [3.63, 3.8) is 0 Å². The van der Waals surface area contributed by atoms with Gasteiger partial charge in [-0.3, -0.25) is 9.59 Å². The minimum absolute atomic E-state index is 0.339. The van der Waals surface area contributed by atoms with Crippen LogP contribution in [0, 0.1) is 0 Å². The predicted octanol–water partition coefficient (Wildman–Crippen LogP) is 1.88. The van der Waals surface area contributed by atoms with Gasteiger partial charge in [0.15, 0.2) is 0 Å². The Labute approximate surface area is 156 Å². The van der Waals surface area contributed by atoms with Gasteiger partial charge in [0.25, 0.3) is 0 Å². The molecule has 0 atom stereocenters. The van der Waals surface area contributed by atoms with Crippen LogP contribution in [0.15, 0.2) is 24.3 Å². The first-order valence-corrected chi connectivity index (χ1v) is 9.59. The smallest absolute Gasteiger partial charge is 0.309 e. The third-order valence-corrected chi connectivity index (χ3v) is 4.63. The minimum atomic E-state index is -0.608. The van der Waals surface area contributed by atoms with Crippen LogP contribution in [0.5, 0.6) is 0 Å². The number of benzene rings is 1. The van der Waals surface area contributed by atoms with Crippen LogP contribution in [0.4, 0.5) is 5.69 Å². The van der Waals surface area contributed by atoms with Gasteiger partial charge in [0.1, 0.15) is 0 Å². The van der Waals surface area contributed by atoms with Crippen LogP contribution >= 0.6 is 0 Å². The Hall–Kier alpha value is -2.08. The monoisotopic (exact) mass is 361 g/mol. The standard InChI is InChI=1S/C20H31N3O3/c1-26-16-13-22-20(25)19(24)21-12-6-7-17-8-10-18(11-9-17)23-14-4-2-3-5-15-23/h8-11H,2-7,12-16H2,1H3,(H,21,24)(H,22,25). The second-order valence-electron chi connectivity index (χ2n) is 6.68. The number of hydrogen-bond donors (Lipinski definition) is 2. The van der Waals surface area contributed by atoms with Crippen molar-refractivity contribution >= 4 is 17.5 Å². The minimum Gasteiger partial charge on any atom is -0.383 e. The summed E-state index contributed by atoms with van der Waals surface area (Å²) in [7, 11) is 1.55. The van der Waals surface area contributed by atoms with Crippen molar-refractivity contribution in [1.82, 2.24) is 10.6 Å². The first-order chi connectivity index (χ1) is 12.7. The predicted molar refractivity (Wildman–Crippen MR) is 103 cm³/mol. The fraction of sp³-hybridized carbons (Fsp3) is 0.600. The molecule has 1 aliphatic heterocycles. The zero-order valence-electron chi connectivity index (χ0n) is 15.8. The molecular formula is C20H31N3O3. The molecule has 144 valence electrons. The molecule has 1 fully saturated rings. The third kappa shape index (κ3) is 7.04. The summed E-state index contributed by atoms with van der Waals surface area (Å²) >= 11 is 0. The van der Waals surface area contributed by atoms with Crippen molar-refractivity contribution in [2.45, 2.75) is 38.5 Å². The lowest BCUT2D eigenvalue weighted by molar-refractivity contribution is -0.139. The van der Waals surface area contributed by atoms with Gasteiger partial charge in [-0.25, -0.2) is 0 Å². The molecule has 0 spiro atoms. The molecule has 26 heavy (non-hydrogen) atoms. The van der Waals surface area contributed by atoms with Crippen molar-refractivity contribution < 1.29 is 14.3 Å². The molecular weight excluding hydrogens is 330 g/mol. The average molecular weight is 361 g/mol. The number of aryl methyl sites for hydroxylation is 1. The largest absolute Gasteiger partial charge is 0.383 e. The van der Waals surface area contributed by atoms with Crippen LogP contribution in [0.2, 0.25) is 0 Å². The molecule has 1 aromatic carbocycles. The maximum Gasteiger partial charge on any atom is 0.309 e. The van der Waals surface area contributed by atoms with Gasteiger partial charge in [-0.1, -0.05) is 25.0 Å². The lowest BCUT2D eigenvalue weighted by Gasteiger charge is -2.22. The van der Waals surface area contributed by atoms with E-state index in [2.05, 4.69) is 39.8 Å². The Bertz CT molecular complexity index is 552. The summed E-state index contributed by atoms with van der Waals surface area (Å²) in [6, 6.07) is 8.73. The number of ether oxygens (including phenoxy) is 1. The maximum absolute atomic E-state index is 11.6. The normalized spacial score (nSPS) is 14.6. The molecule has 1 aromatic rings. The van der Waals surface area contributed by atoms with E-state index in [0.29, 0.717) is 19.7 Å².